The molecule has 0 saturated carbocycles. The predicted octanol–water partition coefficient (Wildman–Crippen LogP) is 2.37. The molecule has 0 N–H and O–H groups in total. The number of nitrogens with zero attached hydrogens (tertiary/aromatic N) is 4. The molecule has 1 aromatic rings. The number of non-ortho nitro benzene ring substituents is 1. The zero-order valence-corrected chi connectivity index (χ0v) is 15.5. The van der Waals surface area contributed by atoms with E-state index in [0.717, 1.165) is 64.3 Å². The van der Waals surface area contributed by atoms with E-state index in [1.165, 1.54) is 0 Å². The van der Waals surface area contributed by atoms with Crippen LogP contribution in [0.15, 0.2) is 24.3 Å². The Bertz CT molecular complexity index is 618. The van der Waals surface area contributed by atoms with Gasteiger partial charge in [0.25, 0.3) is 5.69 Å². The number of anilines is 1. The summed E-state index contributed by atoms with van der Waals surface area (Å²) in [5.74, 6) is 0.746. The van der Waals surface area contributed by atoms with Crippen LogP contribution in [0.2, 0.25) is 0 Å². The van der Waals surface area contributed by atoms with Crippen molar-refractivity contribution in [3.63, 3.8) is 0 Å². The van der Waals surface area contributed by atoms with E-state index in [4.69, 9.17) is 0 Å². The average Bonchev–Trinajstić information content (AvgIpc) is 2.68. The van der Waals surface area contributed by atoms with Crippen molar-refractivity contribution < 1.29 is 9.72 Å². The molecule has 2 fully saturated rings. The number of rotatable bonds is 5. The van der Waals surface area contributed by atoms with Crippen LogP contribution in [-0.4, -0.2) is 66.4 Å². The van der Waals surface area contributed by atoms with Crippen LogP contribution in [0, 0.1) is 16.0 Å². The van der Waals surface area contributed by atoms with Gasteiger partial charge in [0.2, 0.25) is 5.91 Å². The second kappa shape index (κ2) is 8.49. The molecule has 0 aromatic heterocycles. The van der Waals surface area contributed by atoms with Crippen LogP contribution >= 0.6 is 0 Å². The van der Waals surface area contributed by atoms with Gasteiger partial charge in [-0.2, -0.15) is 0 Å². The zero-order valence-electron chi connectivity index (χ0n) is 15.5. The fourth-order valence-electron chi connectivity index (χ4n) is 3.87. The maximum atomic E-state index is 12.5. The number of hydrogen-bond donors (Lipinski definition) is 0. The van der Waals surface area contributed by atoms with E-state index in [1.54, 1.807) is 12.1 Å². The van der Waals surface area contributed by atoms with Crippen molar-refractivity contribution >= 4 is 17.3 Å². The molecule has 0 unspecified atom stereocenters. The molecular formula is C19H28N4O3. The summed E-state index contributed by atoms with van der Waals surface area (Å²) in [6.45, 7) is 8.71. The molecule has 2 aliphatic rings. The molecule has 3 rings (SSSR count). The summed E-state index contributed by atoms with van der Waals surface area (Å²) < 4.78 is 0. The highest BCUT2D eigenvalue weighted by Gasteiger charge is 2.26. The molecule has 1 aromatic carbocycles. The van der Waals surface area contributed by atoms with Crippen molar-refractivity contribution in [2.75, 3.05) is 50.7 Å². The van der Waals surface area contributed by atoms with Gasteiger partial charge < -0.3 is 14.7 Å². The Hall–Kier alpha value is -2.15. The monoisotopic (exact) mass is 360 g/mol. The lowest BCUT2D eigenvalue weighted by molar-refractivity contribution is -0.384. The minimum Gasteiger partial charge on any atom is -0.372 e. The quantitative estimate of drug-likeness (QED) is 0.595. The lowest BCUT2D eigenvalue weighted by Crippen LogP contribution is -2.49. The molecule has 26 heavy (non-hydrogen) atoms. The maximum Gasteiger partial charge on any atom is 0.269 e. The highest BCUT2D eigenvalue weighted by molar-refractivity contribution is 5.76. The molecule has 1 amide bonds. The van der Waals surface area contributed by atoms with Crippen molar-refractivity contribution in [1.82, 2.24) is 9.80 Å². The van der Waals surface area contributed by atoms with Gasteiger partial charge in [0, 0.05) is 63.5 Å². The minimum atomic E-state index is -0.373. The van der Waals surface area contributed by atoms with Crippen molar-refractivity contribution in [2.45, 2.75) is 26.2 Å². The van der Waals surface area contributed by atoms with Crippen LogP contribution < -0.4 is 4.90 Å². The Balaban J connectivity index is 1.45. The second-order valence-corrected chi connectivity index (χ2v) is 7.22. The summed E-state index contributed by atoms with van der Waals surface area (Å²) in [7, 11) is 0. The molecule has 0 bridgehead atoms. The molecule has 7 nitrogen and oxygen atoms in total. The zero-order chi connectivity index (χ0) is 18.5. The number of amides is 1. The second-order valence-electron chi connectivity index (χ2n) is 7.22. The number of piperidine rings is 1. The van der Waals surface area contributed by atoms with Crippen LogP contribution in [0.1, 0.15) is 26.2 Å². The first-order chi connectivity index (χ1) is 12.6. The topological polar surface area (TPSA) is 69.9 Å². The van der Waals surface area contributed by atoms with Crippen LogP contribution in [0.3, 0.4) is 0 Å². The van der Waals surface area contributed by atoms with E-state index >= 15 is 0 Å². The smallest absolute Gasteiger partial charge is 0.269 e. The number of nitro benzene ring substituents is 1. The van der Waals surface area contributed by atoms with E-state index in [1.807, 2.05) is 17.0 Å². The highest BCUT2D eigenvalue weighted by Crippen LogP contribution is 2.27. The summed E-state index contributed by atoms with van der Waals surface area (Å²) in [5, 5.41) is 10.8. The number of likely N-dealkylation sites (N-methyl/N-ethyl adjacent to an activating group) is 1. The third-order valence-corrected chi connectivity index (χ3v) is 5.68. The standard InChI is InChI=1S/C19H28N4O3/c1-2-20-11-13-22(14-12-20)19(24)15-16-7-9-21(10-8-16)17-3-5-18(6-4-17)23(25)26/h3-6,16H,2,7-15H2,1H3. The molecule has 0 radical (unpaired) electrons. The average molecular weight is 360 g/mol. The van der Waals surface area contributed by atoms with Gasteiger partial charge in [-0.15, -0.1) is 0 Å². The number of nitro groups is 1. The summed E-state index contributed by atoms with van der Waals surface area (Å²) in [6.07, 6.45) is 2.65. The number of carbonyl (C=O) groups is 1. The van der Waals surface area contributed by atoms with Crippen molar-refractivity contribution in [3.05, 3.63) is 34.4 Å². The van der Waals surface area contributed by atoms with Gasteiger partial charge in [-0.05, 0) is 37.4 Å². The normalized spacial score (nSPS) is 19.6. The molecule has 0 spiro atoms. The summed E-state index contributed by atoms with van der Waals surface area (Å²) in [5.41, 5.74) is 1.15. The number of benzene rings is 1. The van der Waals surface area contributed by atoms with Crippen LogP contribution in [0.25, 0.3) is 0 Å². The first-order valence-electron chi connectivity index (χ1n) is 9.56. The van der Waals surface area contributed by atoms with E-state index in [-0.39, 0.29) is 10.6 Å². The molecule has 0 atom stereocenters. The van der Waals surface area contributed by atoms with Crippen LogP contribution in [-0.2, 0) is 4.79 Å². The van der Waals surface area contributed by atoms with E-state index < -0.39 is 0 Å². The van der Waals surface area contributed by atoms with Crippen molar-refractivity contribution in [3.8, 4) is 0 Å². The van der Waals surface area contributed by atoms with Crippen molar-refractivity contribution in [2.24, 2.45) is 5.92 Å². The predicted molar refractivity (Wildman–Crippen MR) is 101 cm³/mol. The Morgan fingerprint density at radius 2 is 1.69 bits per heavy atom. The van der Waals surface area contributed by atoms with Gasteiger partial charge in [0.15, 0.2) is 0 Å². The summed E-state index contributed by atoms with van der Waals surface area (Å²) in [6, 6.07) is 6.75. The van der Waals surface area contributed by atoms with Gasteiger partial charge in [0.1, 0.15) is 0 Å². The Morgan fingerprint density at radius 3 is 2.23 bits per heavy atom. The van der Waals surface area contributed by atoms with Gasteiger partial charge in [-0.25, -0.2) is 0 Å². The van der Waals surface area contributed by atoms with Crippen LogP contribution in [0.5, 0.6) is 0 Å². The molecule has 0 aliphatic carbocycles. The Morgan fingerprint density at radius 1 is 1.08 bits per heavy atom. The molecule has 2 heterocycles. The largest absolute Gasteiger partial charge is 0.372 e. The Kier molecular flexibility index (Phi) is 6.08. The van der Waals surface area contributed by atoms with E-state index in [0.29, 0.717) is 18.2 Å². The third-order valence-electron chi connectivity index (χ3n) is 5.68. The number of carbonyl (C=O) groups excluding carboxylic acids is 1. The first-order valence-corrected chi connectivity index (χ1v) is 9.56. The molecular weight excluding hydrogens is 332 g/mol. The summed E-state index contributed by atoms with van der Waals surface area (Å²) >= 11 is 0. The van der Waals surface area contributed by atoms with Crippen LogP contribution in [0.4, 0.5) is 11.4 Å². The molecule has 142 valence electrons. The highest BCUT2D eigenvalue weighted by atomic mass is 16.6. The molecule has 7 heteroatoms. The fourth-order valence-corrected chi connectivity index (χ4v) is 3.87. The fraction of sp³-hybridized carbons (Fsp3) is 0.632. The SMILES string of the molecule is CCN1CCN(C(=O)CC2CCN(c3ccc([N+](=O)[O-])cc3)CC2)CC1. The number of piperazine rings is 1. The lowest BCUT2D eigenvalue weighted by atomic mass is 9.92. The van der Waals surface area contributed by atoms with Gasteiger partial charge in [0.05, 0.1) is 4.92 Å². The molecule has 2 aliphatic heterocycles. The number of hydrogen-bond acceptors (Lipinski definition) is 5. The maximum absolute atomic E-state index is 12.5. The third kappa shape index (κ3) is 4.52. The van der Waals surface area contributed by atoms with Gasteiger partial charge >= 0.3 is 0 Å². The van der Waals surface area contributed by atoms with E-state index in [2.05, 4.69) is 16.7 Å². The van der Waals surface area contributed by atoms with Gasteiger partial charge in [-0.3, -0.25) is 14.9 Å². The first kappa shape index (κ1) is 18.6. The lowest BCUT2D eigenvalue weighted by Gasteiger charge is -2.36. The Labute approximate surface area is 154 Å². The van der Waals surface area contributed by atoms with E-state index in [9.17, 15) is 14.9 Å². The van der Waals surface area contributed by atoms with Crippen molar-refractivity contribution in [1.29, 1.82) is 0 Å². The summed E-state index contributed by atoms with van der Waals surface area (Å²) in [4.78, 5) is 29.6. The van der Waals surface area contributed by atoms with Gasteiger partial charge in [-0.1, -0.05) is 6.92 Å². The molecule has 2 saturated heterocycles. The minimum absolute atomic E-state index is 0.123.